The average Bonchev–Trinajstić information content (AvgIpc) is 2.17. The molecule has 0 amide bonds. The van der Waals surface area contributed by atoms with E-state index in [1.165, 1.54) is 6.92 Å². The van der Waals surface area contributed by atoms with Crippen LogP contribution in [0.1, 0.15) is 6.92 Å². The van der Waals surface area contributed by atoms with Crippen molar-refractivity contribution >= 4 is 16.1 Å². The Kier molecular flexibility index (Phi) is 10.1. The molecule has 2 unspecified atom stereocenters. The lowest BCUT2D eigenvalue weighted by Crippen LogP contribution is -2.44. The van der Waals surface area contributed by atoms with Crippen molar-refractivity contribution in [2.24, 2.45) is 11.5 Å². The van der Waals surface area contributed by atoms with Gasteiger partial charge in [0, 0.05) is 19.6 Å². The third-order valence-electron chi connectivity index (χ3n) is 1.45. The summed E-state index contributed by atoms with van der Waals surface area (Å²) in [5.74, 6) is -1.19. The fraction of sp³-hybridized carbons (Fsp3) is 0.857. The fourth-order valence-electron chi connectivity index (χ4n) is 0.555. The number of carbonyl (C=O) groups is 1. The van der Waals surface area contributed by atoms with E-state index in [4.69, 9.17) is 26.2 Å². The zero-order valence-electron chi connectivity index (χ0n) is 9.41. The van der Waals surface area contributed by atoms with Gasteiger partial charge in [0.2, 0.25) is 0 Å². The predicted octanol–water partition coefficient (Wildman–Crippen LogP) is -2.84. The summed E-state index contributed by atoms with van der Waals surface area (Å²) in [6.45, 7) is 1.63. The lowest BCUT2D eigenvalue weighted by atomic mass is 10.4. The molecule has 0 bridgehead atoms. The summed E-state index contributed by atoms with van der Waals surface area (Å²) in [5.41, 5.74) is 10.2. The number of aliphatic hydroxyl groups excluding tert-OH is 1. The van der Waals surface area contributed by atoms with Gasteiger partial charge in [-0.05, 0) is 6.92 Å². The Hall–Kier alpha value is -0.780. The molecule has 9 nitrogen and oxygen atoms in total. The normalized spacial score (nSPS) is 14.4. The van der Waals surface area contributed by atoms with Gasteiger partial charge >= 0.3 is 5.97 Å². The van der Waals surface area contributed by atoms with E-state index in [0.29, 0.717) is 13.1 Å². The van der Waals surface area contributed by atoms with Crippen LogP contribution in [0.25, 0.3) is 0 Å². The van der Waals surface area contributed by atoms with Crippen molar-refractivity contribution in [3.05, 3.63) is 0 Å². The average molecular weight is 273 g/mol. The van der Waals surface area contributed by atoms with Crippen molar-refractivity contribution in [1.82, 2.24) is 5.32 Å². The van der Waals surface area contributed by atoms with Crippen molar-refractivity contribution in [3.8, 4) is 0 Å². The van der Waals surface area contributed by atoms with E-state index in [2.05, 4.69) is 5.32 Å². The van der Waals surface area contributed by atoms with Gasteiger partial charge in [-0.1, -0.05) is 0 Å². The first kappa shape index (κ1) is 18.6. The Morgan fingerprint density at radius 1 is 1.41 bits per heavy atom. The molecule has 0 heterocycles. The summed E-state index contributed by atoms with van der Waals surface area (Å²) in [6.07, 6.45) is -1.23. The Labute approximate surface area is 99.5 Å². The van der Waals surface area contributed by atoms with Gasteiger partial charge in [0.1, 0.15) is 11.5 Å². The summed E-state index contributed by atoms with van der Waals surface area (Å²) in [6, 6.07) is 0. The summed E-state index contributed by atoms with van der Waals surface area (Å²) < 4.78 is 29.4. The third kappa shape index (κ3) is 11.5. The van der Waals surface area contributed by atoms with E-state index in [1.54, 1.807) is 0 Å². The van der Waals surface area contributed by atoms with E-state index in [9.17, 15) is 13.2 Å². The number of nitrogens with one attached hydrogen (secondary N) is 1. The SMILES string of the molecule is CC(O)C(=O)O.NCCNC(CN)S(=O)(=O)O. The Bertz CT molecular complexity index is 305. The van der Waals surface area contributed by atoms with Crippen molar-refractivity contribution in [2.45, 2.75) is 18.4 Å². The first-order chi connectivity index (χ1) is 7.66. The molecular weight excluding hydrogens is 254 g/mol. The largest absolute Gasteiger partial charge is 0.479 e. The number of aliphatic carboxylic acids is 1. The lowest BCUT2D eigenvalue weighted by Gasteiger charge is -2.11. The van der Waals surface area contributed by atoms with Crippen molar-refractivity contribution in [2.75, 3.05) is 19.6 Å². The van der Waals surface area contributed by atoms with Crippen LogP contribution in [-0.4, -0.2) is 60.3 Å². The highest BCUT2D eigenvalue weighted by Gasteiger charge is 2.19. The molecule has 0 aliphatic heterocycles. The van der Waals surface area contributed by atoms with E-state index in [-0.39, 0.29) is 6.54 Å². The maximum Gasteiger partial charge on any atom is 0.332 e. The van der Waals surface area contributed by atoms with Crippen LogP contribution in [0.5, 0.6) is 0 Å². The summed E-state index contributed by atoms with van der Waals surface area (Å²) in [7, 11) is -4.08. The van der Waals surface area contributed by atoms with Crippen molar-refractivity contribution in [1.29, 1.82) is 0 Å². The topological polar surface area (TPSA) is 176 Å². The number of carboxylic acids is 1. The van der Waals surface area contributed by atoms with Gasteiger partial charge in [-0.2, -0.15) is 8.42 Å². The molecule has 0 aliphatic carbocycles. The zero-order chi connectivity index (χ0) is 14.1. The van der Waals surface area contributed by atoms with Crippen molar-refractivity contribution in [3.63, 3.8) is 0 Å². The number of rotatable bonds is 6. The Balaban J connectivity index is 0. The Morgan fingerprint density at radius 2 is 1.82 bits per heavy atom. The van der Waals surface area contributed by atoms with Gasteiger partial charge in [0.25, 0.3) is 10.1 Å². The van der Waals surface area contributed by atoms with Gasteiger partial charge in [0.05, 0.1) is 0 Å². The van der Waals surface area contributed by atoms with E-state index >= 15 is 0 Å². The minimum Gasteiger partial charge on any atom is -0.479 e. The summed E-state index contributed by atoms with van der Waals surface area (Å²) in [5, 5.41) is 17.1. The number of aliphatic hydroxyl groups is 1. The molecule has 2 atom stereocenters. The van der Waals surface area contributed by atoms with Gasteiger partial charge < -0.3 is 21.7 Å². The number of hydrogen-bond donors (Lipinski definition) is 6. The molecule has 0 fully saturated rings. The van der Waals surface area contributed by atoms with E-state index in [0.717, 1.165) is 0 Å². The number of hydrogen-bond acceptors (Lipinski definition) is 7. The first-order valence-electron chi connectivity index (χ1n) is 4.67. The van der Waals surface area contributed by atoms with E-state index in [1.807, 2.05) is 0 Å². The number of carboxylic acid groups (broad SMARTS) is 1. The molecule has 0 aromatic rings. The standard InChI is InChI=1S/C4H13N3O3S.C3H6O3/c5-1-2-7-4(3-6)11(8,9)10;1-2(4)3(5)6/h4,7H,1-3,5-6H2,(H,8,9,10);2,4H,1H3,(H,5,6). The molecular formula is C7H19N3O6S. The summed E-state index contributed by atoms with van der Waals surface area (Å²) >= 11 is 0. The highest BCUT2D eigenvalue weighted by Crippen LogP contribution is 1.90. The van der Waals surface area contributed by atoms with Gasteiger partial charge in [0.15, 0.2) is 0 Å². The predicted molar refractivity (Wildman–Crippen MR) is 60.8 cm³/mol. The van der Waals surface area contributed by atoms with Crippen molar-refractivity contribution < 1.29 is 28.0 Å². The fourth-order valence-corrected chi connectivity index (χ4v) is 1.13. The molecule has 0 spiro atoms. The smallest absolute Gasteiger partial charge is 0.332 e. The van der Waals surface area contributed by atoms with Crippen LogP contribution in [0.2, 0.25) is 0 Å². The molecule has 0 aromatic carbocycles. The van der Waals surface area contributed by atoms with E-state index < -0.39 is 27.6 Å². The van der Waals surface area contributed by atoms with Crippen LogP contribution in [0.4, 0.5) is 0 Å². The van der Waals surface area contributed by atoms with Crippen LogP contribution in [0.15, 0.2) is 0 Å². The third-order valence-corrected chi connectivity index (χ3v) is 2.53. The minimum absolute atomic E-state index is 0.168. The highest BCUT2D eigenvalue weighted by atomic mass is 32.2. The quantitative estimate of drug-likeness (QED) is 0.278. The monoisotopic (exact) mass is 273 g/mol. The second-order valence-corrected chi connectivity index (χ2v) is 4.60. The Morgan fingerprint density at radius 3 is 2.00 bits per heavy atom. The molecule has 0 saturated carbocycles. The molecule has 17 heavy (non-hydrogen) atoms. The van der Waals surface area contributed by atoms with Crippen LogP contribution in [0, 0.1) is 0 Å². The molecule has 10 heteroatoms. The number of nitrogens with two attached hydrogens (primary N) is 2. The lowest BCUT2D eigenvalue weighted by molar-refractivity contribution is -0.145. The molecule has 0 radical (unpaired) electrons. The second-order valence-electron chi connectivity index (χ2n) is 3.00. The van der Waals surface area contributed by atoms with Crippen LogP contribution in [0.3, 0.4) is 0 Å². The summed E-state index contributed by atoms with van der Waals surface area (Å²) in [4.78, 5) is 9.45. The van der Waals surface area contributed by atoms with Crippen LogP contribution < -0.4 is 16.8 Å². The van der Waals surface area contributed by atoms with Crippen LogP contribution >= 0.6 is 0 Å². The maximum absolute atomic E-state index is 10.4. The maximum atomic E-state index is 10.4. The van der Waals surface area contributed by atoms with Gasteiger partial charge in [-0.3, -0.25) is 9.87 Å². The van der Waals surface area contributed by atoms with Crippen LogP contribution in [-0.2, 0) is 14.9 Å². The van der Waals surface area contributed by atoms with Gasteiger partial charge in [-0.25, -0.2) is 4.79 Å². The minimum atomic E-state index is -4.08. The highest BCUT2D eigenvalue weighted by molar-refractivity contribution is 7.86. The molecule has 0 rings (SSSR count). The molecule has 8 N–H and O–H groups in total. The second kappa shape index (κ2) is 9.27. The van der Waals surface area contributed by atoms with Gasteiger partial charge in [-0.15, -0.1) is 0 Å². The first-order valence-corrected chi connectivity index (χ1v) is 6.17. The molecule has 0 aromatic heterocycles. The zero-order valence-corrected chi connectivity index (χ0v) is 10.2. The molecule has 0 saturated heterocycles. The molecule has 0 aliphatic rings. The molecule has 104 valence electrons.